The van der Waals surface area contributed by atoms with Crippen molar-refractivity contribution >= 4 is 10.9 Å². The Morgan fingerprint density at radius 1 is 1.50 bits per heavy atom. The van der Waals surface area contributed by atoms with Gasteiger partial charge in [0.05, 0.1) is 17.8 Å². The number of rotatable bonds is 4. The topological polar surface area (TPSA) is 60.9 Å². The lowest BCUT2D eigenvalue weighted by molar-refractivity contribution is 0.176. The first kappa shape index (κ1) is 9.81. The molecule has 1 fully saturated rings. The van der Waals surface area contributed by atoms with Gasteiger partial charge in [-0.2, -0.15) is 5.10 Å². The van der Waals surface area contributed by atoms with Gasteiger partial charge < -0.3 is 10.4 Å². The average Bonchev–Trinajstić information content (AvgIpc) is 3.01. The van der Waals surface area contributed by atoms with Crippen LogP contribution in [-0.2, 0) is 0 Å². The highest BCUT2D eigenvalue weighted by Crippen LogP contribution is 2.24. The fraction of sp³-hybridized carbons (Fsp3) is 0.417. The summed E-state index contributed by atoms with van der Waals surface area (Å²) >= 11 is 0. The number of aliphatic hydroxyl groups excluding tert-OH is 1. The number of aromatic nitrogens is 2. The van der Waals surface area contributed by atoms with E-state index in [1.54, 1.807) is 6.20 Å². The average molecular weight is 217 g/mol. The van der Waals surface area contributed by atoms with Gasteiger partial charge in [0, 0.05) is 18.0 Å². The second kappa shape index (κ2) is 3.88. The van der Waals surface area contributed by atoms with Crippen LogP contribution < -0.4 is 5.32 Å². The molecule has 16 heavy (non-hydrogen) atoms. The number of fused-ring (bicyclic) bond motifs is 1. The molecule has 2 aromatic rings. The van der Waals surface area contributed by atoms with Gasteiger partial charge in [-0.05, 0) is 24.5 Å². The van der Waals surface area contributed by atoms with E-state index in [9.17, 15) is 5.11 Å². The molecular formula is C12H15N3O. The van der Waals surface area contributed by atoms with Crippen LogP contribution in [0.2, 0.25) is 0 Å². The van der Waals surface area contributed by atoms with E-state index in [0.717, 1.165) is 16.5 Å². The molecule has 1 aliphatic carbocycles. The number of aromatic amines is 1. The third kappa shape index (κ3) is 1.81. The Labute approximate surface area is 93.7 Å². The molecule has 0 radical (unpaired) electrons. The molecule has 4 nitrogen and oxygen atoms in total. The number of benzene rings is 1. The predicted molar refractivity (Wildman–Crippen MR) is 62.1 cm³/mol. The summed E-state index contributed by atoms with van der Waals surface area (Å²) in [6.45, 7) is 0.620. The molecule has 1 aliphatic rings. The molecule has 0 aliphatic heterocycles. The third-order valence-corrected chi connectivity index (χ3v) is 3.05. The SMILES string of the molecule is O[C@@H](CNC1CC1)c1cccc2[nH]ncc12. The Bertz CT molecular complexity index is 490. The van der Waals surface area contributed by atoms with Crippen LogP contribution in [-0.4, -0.2) is 27.9 Å². The molecule has 3 N–H and O–H groups in total. The number of nitrogens with one attached hydrogen (secondary N) is 2. The minimum absolute atomic E-state index is 0.457. The van der Waals surface area contributed by atoms with E-state index in [-0.39, 0.29) is 0 Å². The molecule has 3 rings (SSSR count). The molecule has 1 heterocycles. The van der Waals surface area contributed by atoms with Gasteiger partial charge in [-0.1, -0.05) is 12.1 Å². The van der Waals surface area contributed by atoms with E-state index in [0.29, 0.717) is 12.6 Å². The van der Waals surface area contributed by atoms with Crippen LogP contribution in [0, 0.1) is 0 Å². The summed E-state index contributed by atoms with van der Waals surface area (Å²) in [7, 11) is 0. The summed E-state index contributed by atoms with van der Waals surface area (Å²) in [5, 5.41) is 21.4. The first-order valence-electron chi connectivity index (χ1n) is 5.68. The van der Waals surface area contributed by atoms with E-state index in [1.807, 2.05) is 18.2 Å². The van der Waals surface area contributed by atoms with E-state index in [1.165, 1.54) is 12.8 Å². The third-order valence-electron chi connectivity index (χ3n) is 3.05. The smallest absolute Gasteiger partial charge is 0.0921 e. The summed E-state index contributed by atoms with van der Waals surface area (Å²) in [6.07, 6.45) is 3.79. The molecular weight excluding hydrogens is 202 g/mol. The van der Waals surface area contributed by atoms with Crippen molar-refractivity contribution in [2.45, 2.75) is 25.0 Å². The van der Waals surface area contributed by atoms with Crippen molar-refractivity contribution in [3.8, 4) is 0 Å². The van der Waals surface area contributed by atoms with E-state index in [4.69, 9.17) is 0 Å². The van der Waals surface area contributed by atoms with Gasteiger partial charge in [0.15, 0.2) is 0 Å². The van der Waals surface area contributed by atoms with Crippen molar-refractivity contribution < 1.29 is 5.11 Å². The monoisotopic (exact) mass is 217 g/mol. The van der Waals surface area contributed by atoms with Crippen LogP contribution in [0.25, 0.3) is 10.9 Å². The number of H-pyrrole nitrogens is 1. The Morgan fingerprint density at radius 3 is 3.19 bits per heavy atom. The van der Waals surface area contributed by atoms with Crippen LogP contribution in [0.5, 0.6) is 0 Å². The summed E-state index contributed by atoms with van der Waals surface area (Å²) < 4.78 is 0. The van der Waals surface area contributed by atoms with Crippen molar-refractivity contribution in [1.29, 1.82) is 0 Å². The zero-order valence-electron chi connectivity index (χ0n) is 8.98. The number of hydrogen-bond acceptors (Lipinski definition) is 3. The predicted octanol–water partition coefficient (Wildman–Crippen LogP) is 1.35. The summed E-state index contributed by atoms with van der Waals surface area (Å²) in [5.41, 5.74) is 1.92. The zero-order chi connectivity index (χ0) is 11.0. The maximum Gasteiger partial charge on any atom is 0.0921 e. The molecule has 1 aromatic heterocycles. The quantitative estimate of drug-likeness (QED) is 0.724. The fourth-order valence-electron chi connectivity index (χ4n) is 1.96. The number of hydrogen-bond donors (Lipinski definition) is 3. The molecule has 0 unspecified atom stereocenters. The molecule has 0 amide bonds. The molecule has 1 saturated carbocycles. The van der Waals surface area contributed by atoms with Crippen LogP contribution >= 0.6 is 0 Å². The van der Waals surface area contributed by atoms with Crippen LogP contribution in [0.15, 0.2) is 24.4 Å². The van der Waals surface area contributed by atoms with Gasteiger partial charge >= 0.3 is 0 Å². The second-order valence-electron chi connectivity index (χ2n) is 4.38. The van der Waals surface area contributed by atoms with Crippen LogP contribution in [0.3, 0.4) is 0 Å². The van der Waals surface area contributed by atoms with E-state index >= 15 is 0 Å². The minimum atomic E-state index is -0.457. The molecule has 1 atom stereocenters. The maximum absolute atomic E-state index is 10.1. The van der Waals surface area contributed by atoms with Gasteiger partial charge in [-0.3, -0.25) is 5.10 Å². The summed E-state index contributed by atoms with van der Waals surface area (Å²) in [4.78, 5) is 0. The molecule has 0 spiro atoms. The molecule has 0 bridgehead atoms. The van der Waals surface area contributed by atoms with Gasteiger partial charge in [0.25, 0.3) is 0 Å². The first-order chi connectivity index (χ1) is 7.84. The Hall–Kier alpha value is -1.39. The largest absolute Gasteiger partial charge is 0.387 e. The highest BCUT2D eigenvalue weighted by molar-refractivity contribution is 5.81. The van der Waals surface area contributed by atoms with E-state index in [2.05, 4.69) is 15.5 Å². The Balaban J connectivity index is 1.82. The van der Waals surface area contributed by atoms with Gasteiger partial charge in [0.2, 0.25) is 0 Å². The van der Waals surface area contributed by atoms with Crippen molar-refractivity contribution in [2.24, 2.45) is 0 Å². The Morgan fingerprint density at radius 2 is 2.38 bits per heavy atom. The summed E-state index contributed by atoms with van der Waals surface area (Å²) in [5.74, 6) is 0. The summed E-state index contributed by atoms with van der Waals surface area (Å²) in [6, 6.07) is 6.48. The van der Waals surface area contributed by atoms with Crippen molar-refractivity contribution in [1.82, 2.24) is 15.5 Å². The molecule has 0 saturated heterocycles. The normalized spacial score (nSPS) is 17.8. The van der Waals surface area contributed by atoms with Gasteiger partial charge in [-0.15, -0.1) is 0 Å². The fourth-order valence-corrected chi connectivity index (χ4v) is 1.96. The molecule has 1 aromatic carbocycles. The second-order valence-corrected chi connectivity index (χ2v) is 4.38. The molecule has 84 valence electrons. The zero-order valence-corrected chi connectivity index (χ0v) is 8.98. The van der Waals surface area contributed by atoms with E-state index < -0.39 is 6.10 Å². The highest BCUT2D eigenvalue weighted by atomic mass is 16.3. The number of aliphatic hydroxyl groups is 1. The van der Waals surface area contributed by atoms with Crippen LogP contribution in [0.4, 0.5) is 0 Å². The van der Waals surface area contributed by atoms with Crippen LogP contribution in [0.1, 0.15) is 24.5 Å². The number of nitrogens with zero attached hydrogens (tertiary/aromatic N) is 1. The maximum atomic E-state index is 10.1. The standard InChI is InChI=1S/C12H15N3O/c16-12(7-13-8-4-5-8)9-2-1-3-11-10(9)6-14-15-11/h1-3,6,8,12-13,16H,4-5,7H2,(H,14,15)/t12-/m0/s1. The van der Waals surface area contributed by atoms with Crippen molar-refractivity contribution in [2.75, 3.05) is 6.54 Å². The highest BCUT2D eigenvalue weighted by Gasteiger charge is 2.22. The Kier molecular flexibility index (Phi) is 2.38. The lowest BCUT2D eigenvalue weighted by atomic mass is 10.1. The molecule has 4 heteroatoms. The van der Waals surface area contributed by atoms with Crippen molar-refractivity contribution in [3.05, 3.63) is 30.0 Å². The first-order valence-corrected chi connectivity index (χ1v) is 5.68. The lowest BCUT2D eigenvalue weighted by Gasteiger charge is -2.12. The van der Waals surface area contributed by atoms with Gasteiger partial charge in [0.1, 0.15) is 0 Å². The minimum Gasteiger partial charge on any atom is -0.387 e. The van der Waals surface area contributed by atoms with Gasteiger partial charge in [-0.25, -0.2) is 0 Å². The van der Waals surface area contributed by atoms with Crippen molar-refractivity contribution in [3.63, 3.8) is 0 Å². The lowest BCUT2D eigenvalue weighted by Crippen LogP contribution is -2.23.